The first-order chi connectivity index (χ1) is 13.4. The largest absolute Gasteiger partial charge is 0.348 e. The molecule has 3 aromatic carbocycles. The van der Waals surface area contributed by atoms with E-state index in [2.05, 4.69) is 10.0 Å². The molecular weight excluding hydrogens is 415 g/mol. The van der Waals surface area contributed by atoms with Crippen LogP contribution in [0.4, 0.5) is 5.69 Å². The highest BCUT2D eigenvalue weighted by Gasteiger charge is 2.16. The van der Waals surface area contributed by atoms with Crippen LogP contribution in [0.15, 0.2) is 71.6 Å². The minimum Gasteiger partial charge on any atom is -0.348 e. The predicted molar refractivity (Wildman–Crippen MR) is 115 cm³/mol. The lowest BCUT2D eigenvalue weighted by atomic mass is 10.1. The first-order valence-corrected chi connectivity index (χ1v) is 10.4. The van der Waals surface area contributed by atoms with Crippen LogP contribution in [0.3, 0.4) is 0 Å². The molecule has 1 atom stereocenters. The molecule has 0 radical (unpaired) electrons. The molecule has 7 heteroatoms. The summed E-state index contributed by atoms with van der Waals surface area (Å²) in [5.41, 5.74) is 2.68. The average molecular weight is 433 g/mol. The first kappa shape index (κ1) is 20.4. The Labute approximate surface area is 176 Å². The van der Waals surface area contributed by atoms with Crippen molar-refractivity contribution in [3.63, 3.8) is 0 Å². The van der Waals surface area contributed by atoms with Gasteiger partial charge in [-0.05, 0) is 60.5 Å². The van der Waals surface area contributed by atoms with E-state index in [0.29, 0.717) is 32.7 Å². The number of nitrogens with one attached hydrogen (secondary N) is 2. The van der Waals surface area contributed by atoms with Crippen molar-refractivity contribution < 1.29 is 9.00 Å². The molecule has 0 saturated carbocycles. The van der Waals surface area contributed by atoms with Gasteiger partial charge in [0.05, 0.1) is 16.1 Å². The van der Waals surface area contributed by atoms with E-state index >= 15 is 0 Å². The lowest BCUT2D eigenvalue weighted by molar-refractivity contribution is 0.0951. The number of benzene rings is 3. The number of hydrogen-bond acceptors (Lipinski definition) is 2. The summed E-state index contributed by atoms with van der Waals surface area (Å²) in [4.78, 5) is 13.4. The summed E-state index contributed by atoms with van der Waals surface area (Å²) in [6.07, 6.45) is 0. The Kier molecular flexibility index (Phi) is 6.73. The quantitative estimate of drug-likeness (QED) is 0.550. The highest BCUT2D eigenvalue weighted by Crippen LogP contribution is 2.22. The van der Waals surface area contributed by atoms with Gasteiger partial charge >= 0.3 is 0 Å². The number of halogens is 2. The third-order valence-electron chi connectivity index (χ3n) is 4.10. The van der Waals surface area contributed by atoms with E-state index < -0.39 is 11.0 Å². The van der Waals surface area contributed by atoms with Crippen LogP contribution in [-0.4, -0.2) is 10.1 Å². The van der Waals surface area contributed by atoms with Crippen molar-refractivity contribution in [2.24, 2.45) is 0 Å². The Hall–Kier alpha value is -2.34. The zero-order valence-electron chi connectivity index (χ0n) is 15.0. The van der Waals surface area contributed by atoms with Gasteiger partial charge in [-0.2, -0.15) is 0 Å². The highest BCUT2D eigenvalue weighted by molar-refractivity contribution is 7.86. The molecule has 28 heavy (non-hydrogen) atoms. The van der Waals surface area contributed by atoms with E-state index in [0.717, 1.165) is 11.1 Å². The van der Waals surface area contributed by atoms with Gasteiger partial charge in [-0.3, -0.25) is 4.79 Å². The Morgan fingerprint density at radius 2 is 1.54 bits per heavy atom. The van der Waals surface area contributed by atoms with Gasteiger partial charge in [0, 0.05) is 16.6 Å². The molecular formula is C21H18Cl2N2O2S. The minimum atomic E-state index is -1.52. The number of carbonyl (C=O) groups is 1. The fourth-order valence-corrected chi connectivity index (χ4v) is 3.77. The number of amides is 1. The Morgan fingerprint density at radius 1 is 0.929 bits per heavy atom. The predicted octanol–water partition coefficient (Wildman–Crippen LogP) is 5.37. The smallest absolute Gasteiger partial charge is 0.253 e. The highest BCUT2D eigenvalue weighted by atomic mass is 35.5. The summed E-state index contributed by atoms with van der Waals surface area (Å²) in [6.45, 7) is 2.21. The van der Waals surface area contributed by atoms with E-state index in [1.54, 1.807) is 42.5 Å². The fourth-order valence-electron chi connectivity index (χ4n) is 2.64. The molecule has 1 unspecified atom stereocenters. The van der Waals surface area contributed by atoms with Crippen LogP contribution < -0.4 is 10.0 Å². The molecule has 0 spiro atoms. The van der Waals surface area contributed by atoms with Gasteiger partial charge in [0.1, 0.15) is 11.0 Å². The van der Waals surface area contributed by atoms with Crippen LogP contribution in [-0.2, 0) is 17.5 Å². The summed E-state index contributed by atoms with van der Waals surface area (Å²) < 4.78 is 15.6. The molecule has 0 heterocycles. The van der Waals surface area contributed by atoms with Crippen LogP contribution >= 0.6 is 23.2 Å². The maximum Gasteiger partial charge on any atom is 0.253 e. The normalized spacial score (nSPS) is 11.7. The lowest BCUT2D eigenvalue weighted by Crippen LogP contribution is -2.25. The fraction of sp³-hybridized carbons (Fsp3) is 0.0952. The third kappa shape index (κ3) is 5.13. The molecule has 1 amide bonds. The molecule has 0 aromatic heterocycles. The zero-order chi connectivity index (χ0) is 20.1. The third-order valence-corrected chi connectivity index (χ3v) is 5.71. The number of aryl methyl sites for hydroxylation is 1. The van der Waals surface area contributed by atoms with Gasteiger partial charge in [-0.25, -0.2) is 4.21 Å². The van der Waals surface area contributed by atoms with Crippen molar-refractivity contribution in [2.45, 2.75) is 18.4 Å². The molecule has 2 N–H and O–H groups in total. The summed E-state index contributed by atoms with van der Waals surface area (Å²) in [5, 5.41) is 4.11. The Bertz CT molecular complexity index is 1010. The molecule has 0 bridgehead atoms. The van der Waals surface area contributed by atoms with Gasteiger partial charge in [0.15, 0.2) is 0 Å². The van der Waals surface area contributed by atoms with Crippen molar-refractivity contribution >= 4 is 45.8 Å². The van der Waals surface area contributed by atoms with Crippen LogP contribution in [0.5, 0.6) is 0 Å². The number of rotatable bonds is 6. The molecule has 3 aromatic rings. The van der Waals surface area contributed by atoms with Crippen LogP contribution in [0.2, 0.25) is 10.0 Å². The average Bonchev–Trinajstić information content (AvgIpc) is 2.68. The Balaban J connectivity index is 1.77. The molecule has 0 aliphatic carbocycles. The second kappa shape index (κ2) is 9.24. The summed E-state index contributed by atoms with van der Waals surface area (Å²) in [5.74, 6) is -0.247. The van der Waals surface area contributed by atoms with Gasteiger partial charge in [-0.15, -0.1) is 0 Å². The van der Waals surface area contributed by atoms with Gasteiger partial charge in [0.25, 0.3) is 5.91 Å². The van der Waals surface area contributed by atoms with Gasteiger partial charge in [-0.1, -0.05) is 47.5 Å². The lowest BCUT2D eigenvalue weighted by Gasteiger charge is -2.14. The van der Waals surface area contributed by atoms with Crippen molar-refractivity contribution in [1.29, 1.82) is 0 Å². The van der Waals surface area contributed by atoms with Crippen molar-refractivity contribution in [1.82, 2.24) is 5.32 Å². The molecule has 4 nitrogen and oxygen atoms in total. The Morgan fingerprint density at radius 3 is 2.18 bits per heavy atom. The van der Waals surface area contributed by atoms with Crippen LogP contribution in [0, 0.1) is 6.92 Å². The monoisotopic (exact) mass is 432 g/mol. The van der Waals surface area contributed by atoms with Crippen molar-refractivity contribution in [2.75, 3.05) is 4.72 Å². The molecule has 0 saturated heterocycles. The van der Waals surface area contributed by atoms with E-state index in [9.17, 15) is 9.00 Å². The second-order valence-corrected chi connectivity index (χ2v) is 8.22. The summed E-state index contributed by atoms with van der Waals surface area (Å²) in [6, 6.07) is 19.4. The van der Waals surface area contributed by atoms with Crippen molar-refractivity contribution in [3.05, 3.63) is 93.5 Å². The summed E-state index contributed by atoms with van der Waals surface area (Å²) in [7, 11) is -1.52. The zero-order valence-corrected chi connectivity index (χ0v) is 17.4. The van der Waals surface area contributed by atoms with E-state index in [-0.39, 0.29) is 5.91 Å². The second-order valence-electron chi connectivity index (χ2n) is 6.13. The standard InChI is InChI=1S/C21H18Cl2N2O2S/c1-14-3-2-4-19(25-28(27)18-11-9-17(23)10-12-18)20(14)21(26)24-13-15-5-7-16(22)8-6-15/h2-12,25H,13H2,1H3,(H,24,26). The molecule has 144 valence electrons. The molecule has 0 fully saturated rings. The van der Waals surface area contributed by atoms with Crippen molar-refractivity contribution in [3.8, 4) is 0 Å². The topological polar surface area (TPSA) is 58.2 Å². The minimum absolute atomic E-state index is 0.247. The molecule has 0 aliphatic heterocycles. The molecule has 3 rings (SSSR count). The SMILES string of the molecule is Cc1cccc(NS(=O)c2ccc(Cl)cc2)c1C(=O)NCc1ccc(Cl)cc1. The maximum atomic E-state index is 12.8. The van der Waals surface area contributed by atoms with E-state index in [1.165, 1.54) is 0 Å². The van der Waals surface area contributed by atoms with Gasteiger partial charge in [0.2, 0.25) is 0 Å². The number of anilines is 1. The van der Waals surface area contributed by atoms with Crippen LogP contribution in [0.25, 0.3) is 0 Å². The first-order valence-electron chi connectivity index (χ1n) is 8.50. The summed E-state index contributed by atoms with van der Waals surface area (Å²) >= 11 is 11.8. The molecule has 0 aliphatic rings. The number of carbonyl (C=O) groups excluding carboxylic acids is 1. The van der Waals surface area contributed by atoms with Gasteiger partial charge < -0.3 is 10.0 Å². The van der Waals surface area contributed by atoms with E-state index in [4.69, 9.17) is 23.2 Å². The number of hydrogen-bond donors (Lipinski definition) is 2. The van der Waals surface area contributed by atoms with Crippen LogP contribution in [0.1, 0.15) is 21.5 Å². The van der Waals surface area contributed by atoms with E-state index in [1.807, 2.05) is 31.2 Å². The maximum absolute atomic E-state index is 12.8.